The van der Waals surface area contributed by atoms with Crippen LogP contribution in [0.2, 0.25) is 0 Å². The topological polar surface area (TPSA) is 94.7 Å². The van der Waals surface area contributed by atoms with Gasteiger partial charge in [-0.15, -0.1) is 0 Å². The SMILES string of the molecule is Cc1ccc2[nH]cc(CCN3CC(=O)N(NC(=O)OC(C)(C)C)C3=O)c2c1. The van der Waals surface area contributed by atoms with Gasteiger partial charge in [-0.3, -0.25) is 4.79 Å². The molecule has 144 valence electrons. The van der Waals surface area contributed by atoms with Crippen LogP contribution in [0.25, 0.3) is 10.9 Å². The summed E-state index contributed by atoms with van der Waals surface area (Å²) in [5.41, 5.74) is 4.77. The van der Waals surface area contributed by atoms with Crippen molar-refractivity contribution in [3.63, 3.8) is 0 Å². The second kappa shape index (κ2) is 6.94. The lowest BCUT2D eigenvalue weighted by molar-refractivity contribution is -0.127. The van der Waals surface area contributed by atoms with Gasteiger partial charge in [0.2, 0.25) is 0 Å². The van der Waals surface area contributed by atoms with Crippen LogP contribution in [0.3, 0.4) is 0 Å². The number of nitrogens with zero attached hydrogens (tertiary/aromatic N) is 2. The minimum atomic E-state index is -0.835. The zero-order valence-electron chi connectivity index (χ0n) is 16.0. The standard InChI is InChI=1S/C19H24N4O4/c1-12-5-6-15-14(9-12)13(10-20-15)7-8-22-11-16(24)23(18(22)26)21-17(25)27-19(2,3)4/h5-6,9-10,20H,7-8,11H2,1-4H3,(H,21,25). The fraction of sp³-hybridized carbons (Fsp3) is 0.421. The fourth-order valence-electron chi connectivity index (χ4n) is 2.98. The van der Waals surface area contributed by atoms with E-state index >= 15 is 0 Å². The predicted molar refractivity (Wildman–Crippen MR) is 99.9 cm³/mol. The number of hydrogen-bond acceptors (Lipinski definition) is 4. The normalized spacial score (nSPS) is 15.0. The first-order chi connectivity index (χ1) is 12.6. The number of nitrogens with one attached hydrogen (secondary N) is 2. The van der Waals surface area contributed by atoms with E-state index in [2.05, 4.69) is 16.5 Å². The van der Waals surface area contributed by atoms with Gasteiger partial charge in [0.15, 0.2) is 0 Å². The van der Waals surface area contributed by atoms with Crippen molar-refractivity contribution in [1.29, 1.82) is 0 Å². The van der Waals surface area contributed by atoms with Gasteiger partial charge >= 0.3 is 12.1 Å². The number of rotatable bonds is 4. The minimum Gasteiger partial charge on any atom is -0.443 e. The Hall–Kier alpha value is -3.03. The monoisotopic (exact) mass is 372 g/mol. The molecule has 0 radical (unpaired) electrons. The van der Waals surface area contributed by atoms with Crippen LogP contribution in [0.5, 0.6) is 0 Å². The van der Waals surface area contributed by atoms with Crippen LogP contribution >= 0.6 is 0 Å². The average Bonchev–Trinajstić information content (AvgIpc) is 3.06. The van der Waals surface area contributed by atoms with E-state index < -0.39 is 23.6 Å². The molecule has 1 aromatic carbocycles. The molecular weight excluding hydrogens is 348 g/mol. The van der Waals surface area contributed by atoms with Gasteiger partial charge in [-0.25, -0.2) is 15.0 Å². The maximum Gasteiger partial charge on any atom is 0.427 e. The molecule has 1 aliphatic heterocycles. The van der Waals surface area contributed by atoms with Crippen molar-refractivity contribution in [2.45, 2.75) is 39.7 Å². The number of hydrogen-bond donors (Lipinski definition) is 2. The lowest BCUT2D eigenvalue weighted by atomic mass is 10.1. The first-order valence-electron chi connectivity index (χ1n) is 8.82. The average molecular weight is 372 g/mol. The summed E-state index contributed by atoms with van der Waals surface area (Å²) in [6.07, 6.45) is 1.68. The van der Waals surface area contributed by atoms with E-state index in [1.165, 1.54) is 4.90 Å². The Bertz CT molecular complexity index is 897. The molecule has 0 bridgehead atoms. The quantitative estimate of drug-likeness (QED) is 0.807. The van der Waals surface area contributed by atoms with Crippen LogP contribution in [-0.4, -0.2) is 51.6 Å². The summed E-state index contributed by atoms with van der Waals surface area (Å²) in [7, 11) is 0. The number of aromatic amines is 1. The van der Waals surface area contributed by atoms with Crippen molar-refractivity contribution >= 4 is 28.9 Å². The third-order valence-corrected chi connectivity index (χ3v) is 4.21. The number of aryl methyl sites for hydroxylation is 1. The molecule has 8 nitrogen and oxygen atoms in total. The Morgan fingerprint density at radius 3 is 2.74 bits per heavy atom. The molecule has 2 heterocycles. The van der Waals surface area contributed by atoms with Gasteiger partial charge in [0.05, 0.1) is 0 Å². The van der Waals surface area contributed by atoms with Crippen molar-refractivity contribution in [2.24, 2.45) is 0 Å². The second-order valence-corrected chi connectivity index (χ2v) is 7.66. The van der Waals surface area contributed by atoms with Gasteiger partial charge in [-0.1, -0.05) is 11.6 Å². The zero-order valence-corrected chi connectivity index (χ0v) is 16.0. The van der Waals surface area contributed by atoms with E-state index in [0.29, 0.717) is 18.0 Å². The summed E-state index contributed by atoms with van der Waals surface area (Å²) in [4.78, 5) is 41.0. The molecule has 4 amide bonds. The highest BCUT2D eigenvalue weighted by molar-refractivity contribution is 6.02. The van der Waals surface area contributed by atoms with Crippen molar-refractivity contribution in [2.75, 3.05) is 13.1 Å². The molecule has 0 unspecified atom stereocenters. The van der Waals surface area contributed by atoms with Gasteiger partial charge in [0.1, 0.15) is 12.1 Å². The highest BCUT2D eigenvalue weighted by Crippen LogP contribution is 2.21. The lowest BCUT2D eigenvalue weighted by Crippen LogP contribution is -2.48. The maximum atomic E-state index is 12.4. The fourth-order valence-corrected chi connectivity index (χ4v) is 2.98. The van der Waals surface area contributed by atoms with E-state index in [1.807, 2.05) is 25.3 Å². The number of carbonyl (C=O) groups excluding carboxylic acids is 3. The Balaban J connectivity index is 1.63. The second-order valence-electron chi connectivity index (χ2n) is 7.66. The van der Waals surface area contributed by atoms with Crippen molar-refractivity contribution < 1.29 is 19.1 Å². The molecule has 0 aliphatic carbocycles. The minimum absolute atomic E-state index is 0.0734. The zero-order chi connectivity index (χ0) is 19.8. The molecule has 1 aromatic heterocycles. The number of amides is 4. The van der Waals surface area contributed by atoms with Crippen LogP contribution in [-0.2, 0) is 16.0 Å². The molecule has 0 saturated carbocycles. The van der Waals surface area contributed by atoms with Gasteiger partial charge < -0.3 is 14.6 Å². The number of H-pyrrole nitrogens is 1. The molecule has 3 rings (SSSR count). The molecule has 8 heteroatoms. The first-order valence-corrected chi connectivity index (χ1v) is 8.82. The Labute approximate surface area is 157 Å². The molecular formula is C19H24N4O4. The molecule has 1 fully saturated rings. The number of aromatic nitrogens is 1. The summed E-state index contributed by atoms with van der Waals surface area (Å²) >= 11 is 0. The van der Waals surface area contributed by atoms with Crippen molar-refractivity contribution in [3.05, 3.63) is 35.5 Å². The lowest BCUT2D eigenvalue weighted by Gasteiger charge is -2.22. The third-order valence-electron chi connectivity index (χ3n) is 4.21. The van der Waals surface area contributed by atoms with E-state index in [1.54, 1.807) is 20.8 Å². The smallest absolute Gasteiger partial charge is 0.427 e. The number of benzene rings is 1. The van der Waals surface area contributed by atoms with Crippen LogP contribution < -0.4 is 5.43 Å². The summed E-state index contributed by atoms with van der Waals surface area (Å²) in [5, 5.41) is 1.82. The summed E-state index contributed by atoms with van der Waals surface area (Å²) in [6, 6.07) is 5.59. The summed E-state index contributed by atoms with van der Waals surface area (Å²) in [5.74, 6) is -0.486. The molecule has 2 aromatic rings. The number of fused-ring (bicyclic) bond motifs is 1. The van der Waals surface area contributed by atoms with E-state index in [0.717, 1.165) is 22.0 Å². The molecule has 0 spiro atoms. The van der Waals surface area contributed by atoms with Gasteiger partial charge in [-0.2, -0.15) is 5.01 Å². The Kier molecular flexibility index (Phi) is 4.82. The first kappa shape index (κ1) is 18.8. The Morgan fingerprint density at radius 1 is 1.30 bits per heavy atom. The van der Waals surface area contributed by atoms with Crippen LogP contribution in [0.1, 0.15) is 31.9 Å². The summed E-state index contributed by atoms with van der Waals surface area (Å²) < 4.78 is 5.09. The van der Waals surface area contributed by atoms with Crippen LogP contribution in [0, 0.1) is 6.92 Å². The maximum absolute atomic E-state index is 12.4. The predicted octanol–water partition coefficient (Wildman–Crippen LogP) is 2.72. The molecule has 2 N–H and O–H groups in total. The number of hydrazine groups is 1. The molecule has 0 atom stereocenters. The molecule has 1 saturated heterocycles. The third kappa shape index (κ3) is 4.21. The Morgan fingerprint density at radius 2 is 2.04 bits per heavy atom. The summed E-state index contributed by atoms with van der Waals surface area (Å²) in [6.45, 7) is 7.44. The van der Waals surface area contributed by atoms with Crippen LogP contribution in [0.4, 0.5) is 9.59 Å². The van der Waals surface area contributed by atoms with E-state index in [-0.39, 0.29) is 6.54 Å². The molecule has 1 aliphatic rings. The van der Waals surface area contributed by atoms with Crippen LogP contribution in [0.15, 0.2) is 24.4 Å². The van der Waals surface area contributed by atoms with Gasteiger partial charge in [0, 0.05) is 23.6 Å². The number of urea groups is 1. The number of carbonyl (C=O) groups is 3. The molecule has 27 heavy (non-hydrogen) atoms. The van der Waals surface area contributed by atoms with Gasteiger partial charge in [-0.05, 0) is 51.8 Å². The highest BCUT2D eigenvalue weighted by atomic mass is 16.6. The number of imide groups is 1. The highest BCUT2D eigenvalue weighted by Gasteiger charge is 2.38. The van der Waals surface area contributed by atoms with Gasteiger partial charge in [0.25, 0.3) is 5.91 Å². The van der Waals surface area contributed by atoms with E-state index in [9.17, 15) is 14.4 Å². The largest absolute Gasteiger partial charge is 0.443 e. The van der Waals surface area contributed by atoms with Crippen molar-refractivity contribution in [3.8, 4) is 0 Å². The van der Waals surface area contributed by atoms with Crippen molar-refractivity contribution in [1.82, 2.24) is 20.3 Å². The van der Waals surface area contributed by atoms with E-state index in [4.69, 9.17) is 4.74 Å². The number of ether oxygens (including phenoxy) is 1.